The van der Waals surface area contributed by atoms with Crippen molar-refractivity contribution in [2.24, 2.45) is 0 Å². The van der Waals surface area contributed by atoms with E-state index in [1.54, 1.807) is 0 Å². The summed E-state index contributed by atoms with van der Waals surface area (Å²) >= 11 is 6.28. The second-order valence-electron chi connectivity index (χ2n) is 4.46. The molecule has 0 saturated heterocycles. The fourth-order valence-corrected chi connectivity index (χ4v) is 2.40. The largest absolute Gasteiger partial charge is 0.304 e. The van der Waals surface area contributed by atoms with Gasteiger partial charge >= 0.3 is 0 Å². The molecule has 2 nitrogen and oxygen atoms in total. The summed E-state index contributed by atoms with van der Waals surface area (Å²) < 4.78 is 2.08. The van der Waals surface area contributed by atoms with Crippen molar-refractivity contribution in [3.63, 3.8) is 0 Å². The summed E-state index contributed by atoms with van der Waals surface area (Å²) in [6, 6.07) is 12.0. The summed E-state index contributed by atoms with van der Waals surface area (Å²) in [5.74, 6) is 0. The molecule has 0 unspecified atom stereocenters. The Morgan fingerprint density at radius 3 is 2.72 bits per heavy atom. The maximum atomic E-state index is 6.28. The van der Waals surface area contributed by atoms with Crippen LogP contribution in [0.15, 0.2) is 42.6 Å². The number of imidazole rings is 1. The molecule has 0 radical (unpaired) electrons. The second kappa shape index (κ2) is 4.14. The van der Waals surface area contributed by atoms with Gasteiger partial charge in [-0.25, -0.2) is 4.98 Å². The Balaban J connectivity index is 2.31. The SMILES string of the molecule is Cc1ccc(Cl)c(-c2nc3ccccn3c2C)c1. The molecule has 3 aromatic rings. The van der Waals surface area contributed by atoms with E-state index in [-0.39, 0.29) is 0 Å². The first-order valence-corrected chi connectivity index (χ1v) is 6.25. The van der Waals surface area contributed by atoms with Crippen LogP contribution in [-0.2, 0) is 0 Å². The Morgan fingerprint density at radius 2 is 1.94 bits per heavy atom. The molecule has 0 N–H and O–H groups in total. The second-order valence-corrected chi connectivity index (χ2v) is 4.87. The van der Waals surface area contributed by atoms with E-state index in [9.17, 15) is 0 Å². The van der Waals surface area contributed by atoms with Crippen LogP contribution in [-0.4, -0.2) is 9.38 Å². The molecule has 2 heterocycles. The van der Waals surface area contributed by atoms with E-state index in [1.165, 1.54) is 5.56 Å². The third-order valence-corrected chi connectivity index (χ3v) is 3.48. The van der Waals surface area contributed by atoms with Crippen LogP contribution < -0.4 is 0 Å². The number of pyridine rings is 1. The van der Waals surface area contributed by atoms with Crippen molar-refractivity contribution in [1.29, 1.82) is 0 Å². The van der Waals surface area contributed by atoms with Gasteiger partial charge in [0.1, 0.15) is 5.65 Å². The number of rotatable bonds is 1. The first-order valence-electron chi connectivity index (χ1n) is 5.87. The van der Waals surface area contributed by atoms with E-state index in [0.717, 1.165) is 27.6 Å². The summed E-state index contributed by atoms with van der Waals surface area (Å²) in [6.07, 6.45) is 2.02. The number of aryl methyl sites for hydroxylation is 2. The van der Waals surface area contributed by atoms with Crippen LogP contribution in [0.25, 0.3) is 16.9 Å². The highest BCUT2D eigenvalue weighted by atomic mass is 35.5. The molecule has 0 fully saturated rings. The number of halogens is 1. The smallest absolute Gasteiger partial charge is 0.137 e. The monoisotopic (exact) mass is 256 g/mol. The number of benzene rings is 1. The van der Waals surface area contributed by atoms with Crippen molar-refractivity contribution in [1.82, 2.24) is 9.38 Å². The molecule has 0 bridgehead atoms. The quantitative estimate of drug-likeness (QED) is 0.636. The van der Waals surface area contributed by atoms with Crippen molar-refractivity contribution < 1.29 is 0 Å². The maximum absolute atomic E-state index is 6.28. The van der Waals surface area contributed by atoms with Crippen molar-refractivity contribution in [3.8, 4) is 11.3 Å². The van der Waals surface area contributed by atoms with E-state index >= 15 is 0 Å². The number of hydrogen-bond acceptors (Lipinski definition) is 1. The Morgan fingerprint density at radius 1 is 1.11 bits per heavy atom. The third-order valence-electron chi connectivity index (χ3n) is 3.15. The Kier molecular flexibility index (Phi) is 2.60. The molecule has 18 heavy (non-hydrogen) atoms. The standard InChI is InChI=1S/C15H13ClN2/c1-10-6-7-13(16)12(9-10)15-11(2)18-8-4-3-5-14(18)17-15/h3-9H,1-2H3. The average molecular weight is 257 g/mol. The highest BCUT2D eigenvalue weighted by Crippen LogP contribution is 2.30. The van der Waals surface area contributed by atoms with E-state index < -0.39 is 0 Å². The van der Waals surface area contributed by atoms with Crippen LogP contribution in [0.4, 0.5) is 0 Å². The number of fused-ring (bicyclic) bond motifs is 1. The van der Waals surface area contributed by atoms with Crippen molar-refractivity contribution >= 4 is 17.2 Å². The van der Waals surface area contributed by atoms with E-state index in [1.807, 2.05) is 36.5 Å². The zero-order valence-electron chi connectivity index (χ0n) is 10.3. The molecule has 90 valence electrons. The lowest BCUT2D eigenvalue weighted by atomic mass is 10.1. The maximum Gasteiger partial charge on any atom is 0.137 e. The van der Waals surface area contributed by atoms with Gasteiger partial charge in [-0.05, 0) is 38.1 Å². The van der Waals surface area contributed by atoms with Crippen LogP contribution in [0.1, 0.15) is 11.3 Å². The fraction of sp³-hybridized carbons (Fsp3) is 0.133. The van der Waals surface area contributed by atoms with Gasteiger partial charge in [-0.2, -0.15) is 0 Å². The van der Waals surface area contributed by atoms with Crippen molar-refractivity contribution in [2.75, 3.05) is 0 Å². The molecule has 2 aromatic heterocycles. The van der Waals surface area contributed by atoms with Crippen molar-refractivity contribution in [3.05, 3.63) is 58.9 Å². The van der Waals surface area contributed by atoms with Crippen LogP contribution >= 0.6 is 11.6 Å². The fourth-order valence-electron chi connectivity index (χ4n) is 2.19. The molecule has 0 aliphatic rings. The zero-order valence-corrected chi connectivity index (χ0v) is 11.1. The summed E-state index contributed by atoms with van der Waals surface area (Å²) in [5.41, 5.74) is 5.19. The van der Waals surface area contributed by atoms with Gasteiger partial charge < -0.3 is 4.40 Å². The number of hydrogen-bond donors (Lipinski definition) is 0. The van der Waals surface area contributed by atoms with Crippen LogP contribution in [0.2, 0.25) is 5.02 Å². The number of aromatic nitrogens is 2. The van der Waals surface area contributed by atoms with Gasteiger partial charge in [0, 0.05) is 17.5 Å². The van der Waals surface area contributed by atoms with E-state index in [4.69, 9.17) is 11.6 Å². The van der Waals surface area contributed by atoms with E-state index in [2.05, 4.69) is 29.3 Å². The predicted molar refractivity (Wildman–Crippen MR) is 75.1 cm³/mol. The van der Waals surface area contributed by atoms with Gasteiger partial charge in [-0.15, -0.1) is 0 Å². The number of nitrogens with zero attached hydrogens (tertiary/aromatic N) is 2. The van der Waals surface area contributed by atoms with Gasteiger partial charge in [0.05, 0.1) is 10.7 Å². The summed E-state index contributed by atoms with van der Waals surface area (Å²) in [7, 11) is 0. The highest BCUT2D eigenvalue weighted by molar-refractivity contribution is 6.33. The summed E-state index contributed by atoms with van der Waals surface area (Å²) in [6.45, 7) is 4.12. The minimum Gasteiger partial charge on any atom is -0.304 e. The molecule has 0 atom stereocenters. The molecule has 0 amide bonds. The zero-order chi connectivity index (χ0) is 12.7. The predicted octanol–water partition coefficient (Wildman–Crippen LogP) is 4.27. The molecular weight excluding hydrogens is 244 g/mol. The lowest BCUT2D eigenvalue weighted by Gasteiger charge is -2.04. The van der Waals surface area contributed by atoms with Gasteiger partial charge in [0.15, 0.2) is 0 Å². The van der Waals surface area contributed by atoms with Gasteiger partial charge in [-0.1, -0.05) is 29.3 Å². The Bertz CT molecular complexity index is 728. The van der Waals surface area contributed by atoms with Crippen LogP contribution in [0.5, 0.6) is 0 Å². The highest BCUT2D eigenvalue weighted by Gasteiger charge is 2.12. The molecule has 0 saturated carbocycles. The van der Waals surface area contributed by atoms with Gasteiger partial charge in [0.2, 0.25) is 0 Å². The molecule has 3 heteroatoms. The Labute approximate surface area is 111 Å². The molecule has 1 aromatic carbocycles. The summed E-state index contributed by atoms with van der Waals surface area (Å²) in [5, 5.41) is 0.743. The van der Waals surface area contributed by atoms with Crippen LogP contribution in [0, 0.1) is 13.8 Å². The molecule has 0 aliphatic heterocycles. The van der Waals surface area contributed by atoms with Crippen molar-refractivity contribution in [2.45, 2.75) is 13.8 Å². The lowest BCUT2D eigenvalue weighted by molar-refractivity contribution is 1.11. The first-order chi connectivity index (χ1) is 8.66. The third kappa shape index (κ3) is 1.70. The average Bonchev–Trinajstić information content (AvgIpc) is 2.71. The lowest BCUT2D eigenvalue weighted by Crippen LogP contribution is -1.87. The van der Waals surface area contributed by atoms with Gasteiger partial charge in [0.25, 0.3) is 0 Å². The van der Waals surface area contributed by atoms with Crippen LogP contribution in [0.3, 0.4) is 0 Å². The van der Waals surface area contributed by atoms with Gasteiger partial charge in [-0.3, -0.25) is 0 Å². The normalized spacial score (nSPS) is 11.1. The molecule has 0 aliphatic carbocycles. The first kappa shape index (κ1) is 11.3. The van der Waals surface area contributed by atoms with E-state index in [0.29, 0.717) is 0 Å². The minimum absolute atomic E-state index is 0.743. The Hall–Kier alpha value is -1.80. The summed E-state index contributed by atoms with van der Waals surface area (Å²) in [4.78, 5) is 4.66. The molecule has 3 rings (SSSR count). The molecular formula is C15H13ClN2. The topological polar surface area (TPSA) is 17.3 Å². The minimum atomic E-state index is 0.743. The molecule has 0 spiro atoms.